The van der Waals surface area contributed by atoms with E-state index in [1.807, 2.05) is 32.0 Å². The van der Waals surface area contributed by atoms with E-state index in [1.165, 1.54) is 7.11 Å². The number of carbonyl (C=O) groups excluding carboxylic acids is 2. The summed E-state index contributed by atoms with van der Waals surface area (Å²) in [5, 5.41) is 0. The molecule has 4 nitrogen and oxygen atoms in total. The van der Waals surface area contributed by atoms with Gasteiger partial charge in [-0.1, -0.05) is 18.2 Å². The normalized spacial score (nSPS) is 10.1. The van der Waals surface area contributed by atoms with E-state index < -0.39 is 11.8 Å². The van der Waals surface area contributed by atoms with Gasteiger partial charge in [0.05, 0.1) is 13.7 Å². The number of benzene rings is 1. The molecule has 0 radical (unpaired) electrons. The summed E-state index contributed by atoms with van der Waals surface area (Å²) in [4.78, 5) is 22.1. The fourth-order valence-corrected chi connectivity index (χ4v) is 1.80. The van der Waals surface area contributed by atoms with Gasteiger partial charge in [-0.25, -0.2) is 4.79 Å². The Balaban J connectivity index is 2.28. The molecule has 1 rings (SSSR count). The van der Waals surface area contributed by atoms with Crippen LogP contribution in [0.4, 0.5) is 0 Å². The number of rotatable bonds is 7. The Hall–Kier alpha value is -1.84. The number of methoxy groups -OCH3 is 1. The molecule has 0 heterocycles. The van der Waals surface area contributed by atoms with Crippen LogP contribution in [-0.2, 0) is 14.3 Å². The van der Waals surface area contributed by atoms with E-state index in [-0.39, 0.29) is 6.42 Å². The fraction of sp³-hybridized carbons (Fsp3) is 0.467. The average molecular weight is 264 g/mol. The monoisotopic (exact) mass is 264 g/mol. The molecule has 0 N–H and O–H groups in total. The molecule has 1 aromatic rings. The molecule has 19 heavy (non-hydrogen) atoms. The first-order valence-corrected chi connectivity index (χ1v) is 6.36. The van der Waals surface area contributed by atoms with Crippen LogP contribution in [-0.4, -0.2) is 25.5 Å². The molecule has 0 aliphatic rings. The van der Waals surface area contributed by atoms with E-state index in [0.717, 1.165) is 23.3 Å². The van der Waals surface area contributed by atoms with Crippen molar-refractivity contribution in [3.63, 3.8) is 0 Å². The highest BCUT2D eigenvalue weighted by Gasteiger charge is 2.12. The summed E-state index contributed by atoms with van der Waals surface area (Å²) < 4.78 is 10.1. The van der Waals surface area contributed by atoms with Crippen molar-refractivity contribution in [3.8, 4) is 5.75 Å². The van der Waals surface area contributed by atoms with Gasteiger partial charge in [0.15, 0.2) is 0 Å². The van der Waals surface area contributed by atoms with Crippen LogP contribution in [0.2, 0.25) is 0 Å². The highest BCUT2D eigenvalue weighted by molar-refractivity contribution is 6.33. The Morgan fingerprint density at radius 2 is 1.74 bits per heavy atom. The van der Waals surface area contributed by atoms with Crippen molar-refractivity contribution in [1.29, 1.82) is 0 Å². The lowest BCUT2D eigenvalue weighted by Crippen LogP contribution is -2.15. The molecule has 0 spiro atoms. The van der Waals surface area contributed by atoms with E-state index in [9.17, 15) is 9.59 Å². The molecule has 0 bridgehead atoms. The maximum absolute atomic E-state index is 11.2. The average Bonchev–Trinajstić information content (AvgIpc) is 2.40. The number of ether oxygens (including phenoxy) is 2. The van der Waals surface area contributed by atoms with Crippen molar-refractivity contribution in [2.45, 2.75) is 33.1 Å². The lowest BCUT2D eigenvalue weighted by atomic mass is 10.1. The first kappa shape index (κ1) is 15.2. The summed E-state index contributed by atoms with van der Waals surface area (Å²) in [6, 6.07) is 6.00. The molecular weight excluding hydrogens is 244 g/mol. The quantitative estimate of drug-likeness (QED) is 0.431. The summed E-state index contributed by atoms with van der Waals surface area (Å²) >= 11 is 0. The minimum absolute atomic E-state index is 0.211. The Labute approximate surface area is 113 Å². The second-order valence-electron chi connectivity index (χ2n) is 4.44. The summed E-state index contributed by atoms with van der Waals surface area (Å²) in [6.07, 6.45) is 1.57. The highest BCUT2D eigenvalue weighted by Crippen LogP contribution is 2.22. The Morgan fingerprint density at radius 3 is 2.32 bits per heavy atom. The summed E-state index contributed by atoms with van der Waals surface area (Å²) in [6.45, 7) is 4.55. The van der Waals surface area contributed by atoms with Crippen LogP contribution in [0.25, 0.3) is 0 Å². The van der Waals surface area contributed by atoms with Gasteiger partial charge in [-0.05, 0) is 37.8 Å². The van der Waals surface area contributed by atoms with Crippen LogP contribution in [0.3, 0.4) is 0 Å². The van der Waals surface area contributed by atoms with Crippen LogP contribution < -0.4 is 4.74 Å². The van der Waals surface area contributed by atoms with E-state index in [1.54, 1.807) is 0 Å². The molecule has 0 fully saturated rings. The number of aryl methyl sites for hydroxylation is 2. The molecular formula is C15H20O4. The molecule has 1 aromatic carbocycles. The van der Waals surface area contributed by atoms with E-state index in [2.05, 4.69) is 4.74 Å². The third kappa shape index (κ3) is 4.73. The van der Waals surface area contributed by atoms with Crippen LogP contribution in [0, 0.1) is 13.8 Å². The molecule has 0 aliphatic carbocycles. The molecule has 104 valence electrons. The van der Waals surface area contributed by atoms with E-state index in [0.29, 0.717) is 13.0 Å². The Kier molecular flexibility index (Phi) is 6.06. The van der Waals surface area contributed by atoms with Gasteiger partial charge in [-0.15, -0.1) is 0 Å². The zero-order valence-corrected chi connectivity index (χ0v) is 11.7. The summed E-state index contributed by atoms with van der Waals surface area (Å²) in [5.74, 6) is -0.341. The maximum atomic E-state index is 11.2. The number of ketones is 1. The SMILES string of the molecule is COC(=O)C(=O)CCCCOc1c(C)cccc1C. The van der Waals surface area contributed by atoms with Crippen molar-refractivity contribution in [3.05, 3.63) is 29.3 Å². The van der Waals surface area contributed by atoms with Gasteiger partial charge in [-0.2, -0.15) is 0 Å². The van der Waals surface area contributed by atoms with Crippen molar-refractivity contribution < 1.29 is 19.1 Å². The first-order chi connectivity index (χ1) is 9.06. The van der Waals surface area contributed by atoms with Gasteiger partial charge in [-0.3, -0.25) is 4.79 Å². The third-order valence-corrected chi connectivity index (χ3v) is 2.87. The Bertz CT molecular complexity index is 431. The van der Waals surface area contributed by atoms with Gasteiger partial charge >= 0.3 is 5.97 Å². The molecule has 0 aromatic heterocycles. The number of esters is 1. The lowest BCUT2D eigenvalue weighted by molar-refractivity contribution is -0.151. The molecule has 0 saturated carbocycles. The van der Waals surface area contributed by atoms with Crippen LogP contribution >= 0.6 is 0 Å². The van der Waals surface area contributed by atoms with Crippen molar-refractivity contribution in [1.82, 2.24) is 0 Å². The summed E-state index contributed by atoms with van der Waals surface area (Å²) in [5.41, 5.74) is 2.20. The number of carbonyl (C=O) groups is 2. The van der Waals surface area contributed by atoms with E-state index >= 15 is 0 Å². The number of para-hydroxylation sites is 1. The number of unbranched alkanes of at least 4 members (excludes halogenated alkanes) is 1. The first-order valence-electron chi connectivity index (χ1n) is 6.36. The van der Waals surface area contributed by atoms with Gasteiger partial charge in [0, 0.05) is 6.42 Å². The largest absolute Gasteiger partial charge is 0.493 e. The zero-order chi connectivity index (χ0) is 14.3. The van der Waals surface area contributed by atoms with Crippen LogP contribution in [0.5, 0.6) is 5.75 Å². The molecule has 0 aliphatic heterocycles. The molecule has 0 atom stereocenters. The topological polar surface area (TPSA) is 52.6 Å². The second-order valence-corrected chi connectivity index (χ2v) is 4.44. The van der Waals surface area contributed by atoms with Crippen LogP contribution in [0.1, 0.15) is 30.4 Å². The van der Waals surface area contributed by atoms with Gasteiger partial charge < -0.3 is 9.47 Å². The third-order valence-electron chi connectivity index (χ3n) is 2.87. The van der Waals surface area contributed by atoms with Crippen molar-refractivity contribution in [2.24, 2.45) is 0 Å². The van der Waals surface area contributed by atoms with Crippen molar-refractivity contribution in [2.75, 3.05) is 13.7 Å². The molecule has 4 heteroatoms. The maximum Gasteiger partial charge on any atom is 0.374 e. The number of hydrogen-bond acceptors (Lipinski definition) is 4. The number of hydrogen-bond donors (Lipinski definition) is 0. The van der Waals surface area contributed by atoms with Crippen molar-refractivity contribution >= 4 is 11.8 Å². The minimum Gasteiger partial charge on any atom is -0.493 e. The van der Waals surface area contributed by atoms with Gasteiger partial charge in [0.1, 0.15) is 5.75 Å². The molecule has 0 unspecified atom stereocenters. The number of Topliss-reactive ketones (excluding diaryl/α,β-unsaturated/α-hetero) is 1. The Morgan fingerprint density at radius 1 is 1.11 bits per heavy atom. The predicted molar refractivity (Wildman–Crippen MR) is 72.3 cm³/mol. The lowest BCUT2D eigenvalue weighted by Gasteiger charge is -2.11. The molecule has 0 amide bonds. The standard InChI is InChI=1S/C15H20O4/c1-11-7-6-8-12(2)14(11)19-10-5-4-9-13(16)15(17)18-3/h6-8H,4-5,9-10H2,1-3H3. The predicted octanol–water partition coefficient (Wildman–Crippen LogP) is 2.59. The second kappa shape index (κ2) is 7.56. The highest BCUT2D eigenvalue weighted by atomic mass is 16.5. The smallest absolute Gasteiger partial charge is 0.374 e. The zero-order valence-electron chi connectivity index (χ0n) is 11.7. The fourth-order valence-electron chi connectivity index (χ4n) is 1.80. The van der Waals surface area contributed by atoms with Gasteiger partial charge in [0.2, 0.25) is 5.78 Å². The minimum atomic E-state index is -0.768. The van der Waals surface area contributed by atoms with Crippen LogP contribution in [0.15, 0.2) is 18.2 Å². The molecule has 0 saturated heterocycles. The van der Waals surface area contributed by atoms with Gasteiger partial charge in [0.25, 0.3) is 0 Å². The summed E-state index contributed by atoms with van der Waals surface area (Å²) in [7, 11) is 1.21. The van der Waals surface area contributed by atoms with E-state index in [4.69, 9.17) is 4.74 Å².